The standard InChI is InChI=1S/C26H27N5O/c1-17(2)14-28-25-26-29-15-23(31(26)16-22(30-25)19-9-11-27-12-10-19)20-5-7-21(8-6-20)24(32)13-18-3-4-18/h5-12,15-18H,3-4,13-14H2,1-2H3,(H,28,30). The third-order valence-corrected chi connectivity index (χ3v) is 5.82. The SMILES string of the molecule is CC(C)CNc1nc(-c2ccncc2)cn2c(-c3ccc(C(=O)CC4CC4)cc3)cnc12. The fraction of sp³-hybridized carbons (Fsp3) is 0.308. The molecule has 6 heteroatoms. The van der Waals surface area contributed by atoms with E-state index in [0.29, 0.717) is 18.3 Å². The number of anilines is 1. The van der Waals surface area contributed by atoms with Gasteiger partial charge in [-0.25, -0.2) is 9.97 Å². The predicted octanol–water partition coefficient (Wildman–Crippen LogP) is 5.51. The van der Waals surface area contributed by atoms with Crippen molar-refractivity contribution in [1.29, 1.82) is 0 Å². The Bertz CT molecular complexity index is 1240. The summed E-state index contributed by atoms with van der Waals surface area (Å²) in [6, 6.07) is 11.8. The number of fused-ring (bicyclic) bond motifs is 1. The van der Waals surface area contributed by atoms with Crippen molar-refractivity contribution in [2.75, 3.05) is 11.9 Å². The van der Waals surface area contributed by atoms with Crippen LogP contribution in [0.4, 0.5) is 5.82 Å². The molecule has 0 amide bonds. The van der Waals surface area contributed by atoms with Crippen molar-refractivity contribution in [3.63, 3.8) is 0 Å². The second kappa shape index (κ2) is 8.54. The van der Waals surface area contributed by atoms with E-state index < -0.39 is 0 Å². The van der Waals surface area contributed by atoms with E-state index >= 15 is 0 Å². The summed E-state index contributed by atoms with van der Waals surface area (Å²) in [5.74, 6) is 2.07. The molecule has 1 aliphatic rings. The van der Waals surface area contributed by atoms with Crippen LogP contribution >= 0.6 is 0 Å². The number of Topliss-reactive ketones (excluding diaryl/α,β-unsaturated/α-hetero) is 1. The topological polar surface area (TPSA) is 72.2 Å². The van der Waals surface area contributed by atoms with Crippen molar-refractivity contribution in [1.82, 2.24) is 19.4 Å². The Labute approximate surface area is 187 Å². The molecule has 0 unspecified atom stereocenters. The van der Waals surface area contributed by atoms with Gasteiger partial charge in [-0.3, -0.25) is 14.2 Å². The van der Waals surface area contributed by atoms with Crippen LogP contribution in [0.15, 0.2) is 61.2 Å². The molecule has 32 heavy (non-hydrogen) atoms. The van der Waals surface area contributed by atoms with Gasteiger partial charge in [0.2, 0.25) is 0 Å². The van der Waals surface area contributed by atoms with Crippen LogP contribution in [0.25, 0.3) is 28.2 Å². The number of rotatable bonds is 8. The van der Waals surface area contributed by atoms with Crippen LogP contribution in [0, 0.1) is 11.8 Å². The van der Waals surface area contributed by atoms with E-state index in [4.69, 9.17) is 4.98 Å². The van der Waals surface area contributed by atoms with Crippen molar-refractivity contribution in [2.24, 2.45) is 11.8 Å². The van der Waals surface area contributed by atoms with Gasteiger partial charge in [0.1, 0.15) is 0 Å². The second-order valence-corrected chi connectivity index (χ2v) is 8.97. The minimum Gasteiger partial charge on any atom is -0.367 e. The molecule has 0 radical (unpaired) electrons. The zero-order valence-electron chi connectivity index (χ0n) is 18.5. The van der Waals surface area contributed by atoms with Gasteiger partial charge < -0.3 is 5.32 Å². The molecule has 3 aromatic heterocycles. The number of imidazole rings is 1. The number of aromatic nitrogens is 4. The molecule has 4 aromatic rings. The van der Waals surface area contributed by atoms with Gasteiger partial charge in [0.15, 0.2) is 17.2 Å². The quantitative estimate of drug-likeness (QED) is 0.377. The molecule has 0 bridgehead atoms. The molecule has 1 aliphatic carbocycles. The van der Waals surface area contributed by atoms with E-state index in [1.165, 1.54) is 12.8 Å². The first-order valence-electron chi connectivity index (χ1n) is 11.2. The first-order chi connectivity index (χ1) is 15.6. The summed E-state index contributed by atoms with van der Waals surface area (Å²) in [5.41, 5.74) is 5.39. The first kappa shape index (κ1) is 20.4. The minimum absolute atomic E-state index is 0.238. The van der Waals surface area contributed by atoms with Gasteiger partial charge in [-0.1, -0.05) is 38.1 Å². The van der Waals surface area contributed by atoms with Gasteiger partial charge in [-0.2, -0.15) is 0 Å². The van der Waals surface area contributed by atoms with E-state index in [2.05, 4.69) is 33.5 Å². The van der Waals surface area contributed by atoms with Crippen LogP contribution in [-0.4, -0.2) is 31.7 Å². The monoisotopic (exact) mass is 425 g/mol. The van der Waals surface area contributed by atoms with Crippen LogP contribution in [0.2, 0.25) is 0 Å². The van der Waals surface area contributed by atoms with Gasteiger partial charge in [0, 0.05) is 48.2 Å². The van der Waals surface area contributed by atoms with Gasteiger partial charge in [0.25, 0.3) is 0 Å². The highest BCUT2D eigenvalue weighted by Crippen LogP contribution is 2.34. The first-order valence-corrected chi connectivity index (χ1v) is 11.2. The normalized spacial score (nSPS) is 13.6. The molecule has 6 nitrogen and oxygen atoms in total. The van der Waals surface area contributed by atoms with Gasteiger partial charge in [-0.15, -0.1) is 0 Å². The second-order valence-electron chi connectivity index (χ2n) is 8.97. The summed E-state index contributed by atoms with van der Waals surface area (Å²) >= 11 is 0. The molecule has 0 spiro atoms. The lowest BCUT2D eigenvalue weighted by Gasteiger charge is -2.12. The highest BCUT2D eigenvalue weighted by atomic mass is 16.1. The number of hydrogen-bond donors (Lipinski definition) is 1. The number of nitrogens with one attached hydrogen (secondary N) is 1. The summed E-state index contributed by atoms with van der Waals surface area (Å²) in [6.45, 7) is 5.14. The van der Waals surface area contributed by atoms with Crippen LogP contribution in [0.1, 0.15) is 43.5 Å². The fourth-order valence-corrected chi connectivity index (χ4v) is 3.81. The van der Waals surface area contributed by atoms with Crippen LogP contribution in [0.5, 0.6) is 0 Å². The van der Waals surface area contributed by atoms with Gasteiger partial charge in [0.05, 0.1) is 17.6 Å². The Hall–Kier alpha value is -3.54. The summed E-state index contributed by atoms with van der Waals surface area (Å²) < 4.78 is 2.08. The van der Waals surface area contributed by atoms with E-state index in [1.54, 1.807) is 12.4 Å². The average molecular weight is 426 g/mol. The maximum Gasteiger partial charge on any atom is 0.180 e. The largest absolute Gasteiger partial charge is 0.367 e. The molecule has 0 saturated heterocycles. The van der Waals surface area contributed by atoms with E-state index in [0.717, 1.165) is 46.1 Å². The Kier molecular flexibility index (Phi) is 5.43. The summed E-state index contributed by atoms with van der Waals surface area (Å²) in [4.78, 5) is 26.1. The molecular formula is C26H27N5O. The summed E-state index contributed by atoms with van der Waals surface area (Å²) in [7, 11) is 0. The van der Waals surface area contributed by atoms with E-state index in [9.17, 15) is 4.79 Å². The number of nitrogens with zero attached hydrogens (tertiary/aromatic N) is 4. The number of carbonyl (C=O) groups is 1. The molecule has 0 aliphatic heterocycles. The lowest BCUT2D eigenvalue weighted by Crippen LogP contribution is -2.11. The van der Waals surface area contributed by atoms with Gasteiger partial charge in [-0.05, 0) is 36.8 Å². The number of benzene rings is 1. The van der Waals surface area contributed by atoms with Crippen LogP contribution < -0.4 is 5.32 Å². The van der Waals surface area contributed by atoms with E-state index in [1.807, 2.05) is 48.8 Å². The average Bonchev–Trinajstić information content (AvgIpc) is 3.53. The van der Waals surface area contributed by atoms with Crippen molar-refractivity contribution >= 4 is 17.2 Å². The zero-order chi connectivity index (χ0) is 22.1. The maximum absolute atomic E-state index is 12.4. The number of carbonyl (C=O) groups excluding carboxylic acids is 1. The number of ketones is 1. The molecule has 3 heterocycles. The van der Waals surface area contributed by atoms with Crippen molar-refractivity contribution in [2.45, 2.75) is 33.1 Å². The minimum atomic E-state index is 0.238. The molecule has 1 N–H and O–H groups in total. The predicted molar refractivity (Wildman–Crippen MR) is 127 cm³/mol. The fourth-order valence-electron chi connectivity index (χ4n) is 3.81. The lowest BCUT2D eigenvalue weighted by atomic mass is 10.0. The van der Waals surface area contributed by atoms with E-state index in [-0.39, 0.29) is 5.78 Å². The Morgan fingerprint density at radius 1 is 1.09 bits per heavy atom. The molecule has 1 fully saturated rings. The Morgan fingerprint density at radius 2 is 1.84 bits per heavy atom. The number of hydrogen-bond acceptors (Lipinski definition) is 5. The summed E-state index contributed by atoms with van der Waals surface area (Å²) in [6.07, 6.45) is 10.5. The van der Waals surface area contributed by atoms with Crippen LogP contribution in [0.3, 0.4) is 0 Å². The Balaban J connectivity index is 1.54. The Morgan fingerprint density at radius 3 is 2.53 bits per heavy atom. The van der Waals surface area contributed by atoms with Crippen molar-refractivity contribution < 1.29 is 4.79 Å². The highest BCUT2D eigenvalue weighted by molar-refractivity contribution is 5.96. The third-order valence-electron chi connectivity index (χ3n) is 5.82. The lowest BCUT2D eigenvalue weighted by molar-refractivity contribution is 0.0976. The smallest absolute Gasteiger partial charge is 0.180 e. The van der Waals surface area contributed by atoms with Gasteiger partial charge >= 0.3 is 0 Å². The maximum atomic E-state index is 12.4. The summed E-state index contributed by atoms with van der Waals surface area (Å²) in [5, 5.41) is 3.46. The highest BCUT2D eigenvalue weighted by Gasteiger charge is 2.25. The molecule has 1 aromatic carbocycles. The molecular weight excluding hydrogens is 398 g/mol. The van der Waals surface area contributed by atoms with Crippen LogP contribution in [-0.2, 0) is 0 Å². The number of pyridine rings is 1. The zero-order valence-corrected chi connectivity index (χ0v) is 18.5. The molecule has 0 atom stereocenters. The van der Waals surface area contributed by atoms with Crippen molar-refractivity contribution in [3.8, 4) is 22.5 Å². The third kappa shape index (κ3) is 4.26. The van der Waals surface area contributed by atoms with Crippen molar-refractivity contribution in [3.05, 3.63) is 66.7 Å². The molecule has 1 saturated carbocycles. The molecule has 162 valence electrons. The molecule has 5 rings (SSSR count).